The lowest BCUT2D eigenvalue weighted by Gasteiger charge is -2.43. The summed E-state index contributed by atoms with van der Waals surface area (Å²) in [6.07, 6.45) is 6.05. The molecule has 1 saturated carbocycles. The van der Waals surface area contributed by atoms with E-state index in [1.165, 1.54) is 24.8 Å². The van der Waals surface area contributed by atoms with Gasteiger partial charge in [-0.25, -0.2) is 0 Å². The first-order valence-electron chi connectivity index (χ1n) is 10.3. The molecular weight excluding hydrogens is 338 g/mol. The summed E-state index contributed by atoms with van der Waals surface area (Å²) in [5.74, 6) is 0.865. The zero-order valence-corrected chi connectivity index (χ0v) is 17.1. The fraction of sp³-hybridized carbons (Fsp3) is 0.696. The predicted octanol–water partition coefficient (Wildman–Crippen LogP) is 4.41. The molecule has 150 valence electrons. The molecule has 0 amide bonds. The first-order chi connectivity index (χ1) is 12.9. The number of hydrogen-bond acceptors (Lipinski definition) is 3. The van der Waals surface area contributed by atoms with Crippen molar-refractivity contribution in [1.29, 1.82) is 0 Å². The minimum atomic E-state index is -0.711. The van der Waals surface area contributed by atoms with E-state index in [0.29, 0.717) is 6.54 Å². The van der Waals surface area contributed by atoms with Crippen LogP contribution in [0.5, 0.6) is 0 Å². The van der Waals surface area contributed by atoms with Crippen LogP contribution in [0, 0.1) is 16.7 Å². The van der Waals surface area contributed by atoms with Crippen LogP contribution in [0.1, 0.15) is 57.4 Å². The van der Waals surface area contributed by atoms with Gasteiger partial charge >= 0.3 is 5.97 Å². The number of aliphatic carboxylic acids is 1. The van der Waals surface area contributed by atoms with Gasteiger partial charge in [0.2, 0.25) is 0 Å². The predicted molar refractivity (Wildman–Crippen MR) is 108 cm³/mol. The van der Waals surface area contributed by atoms with Gasteiger partial charge in [0.05, 0.1) is 12.0 Å². The minimum absolute atomic E-state index is 0.266. The van der Waals surface area contributed by atoms with Crippen molar-refractivity contribution in [2.45, 2.75) is 51.9 Å². The highest BCUT2D eigenvalue weighted by atomic mass is 16.5. The summed E-state index contributed by atoms with van der Waals surface area (Å²) in [5, 5.41) is 9.38. The van der Waals surface area contributed by atoms with Crippen LogP contribution in [0.25, 0.3) is 0 Å². The van der Waals surface area contributed by atoms with Crippen molar-refractivity contribution < 1.29 is 14.6 Å². The molecule has 4 nitrogen and oxygen atoms in total. The topological polar surface area (TPSA) is 49.8 Å². The SMILES string of the molecule is COCC1(CC[C@@H]2CC2c2ccccc2)CCN(CC(C)(C)C(=O)O)CC1. The molecule has 0 spiro atoms. The van der Waals surface area contributed by atoms with Crippen LogP contribution >= 0.6 is 0 Å². The second-order valence-electron chi connectivity index (χ2n) is 9.45. The Morgan fingerprint density at radius 1 is 1.26 bits per heavy atom. The van der Waals surface area contributed by atoms with E-state index in [2.05, 4.69) is 35.2 Å². The first-order valence-corrected chi connectivity index (χ1v) is 10.3. The Labute approximate surface area is 163 Å². The van der Waals surface area contributed by atoms with E-state index >= 15 is 0 Å². The number of carboxylic acids is 1. The zero-order chi connectivity index (χ0) is 19.5. The fourth-order valence-electron chi connectivity index (χ4n) is 4.75. The number of rotatable bonds is 9. The molecule has 1 N–H and O–H groups in total. The lowest BCUT2D eigenvalue weighted by Crippen LogP contribution is -2.47. The maximum atomic E-state index is 11.4. The summed E-state index contributed by atoms with van der Waals surface area (Å²) >= 11 is 0. The van der Waals surface area contributed by atoms with Crippen LogP contribution < -0.4 is 0 Å². The van der Waals surface area contributed by atoms with E-state index in [1.54, 1.807) is 0 Å². The van der Waals surface area contributed by atoms with Crippen molar-refractivity contribution in [3.8, 4) is 0 Å². The van der Waals surface area contributed by atoms with E-state index in [-0.39, 0.29) is 5.41 Å². The van der Waals surface area contributed by atoms with Gasteiger partial charge in [-0.05, 0) is 81.9 Å². The number of likely N-dealkylation sites (tertiary alicyclic amines) is 1. The monoisotopic (exact) mass is 373 g/mol. The number of nitrogens with zero attached hydrogens (tertiary/aromatic N) is 1. The smallest absolute Gasteiger partial charge is 0.310 e. The van der Waals surface area contributed by atoms with Crippen molar-refractivity contribution in [1.82, 2.24) is 4.90 Å². The molecule has 3 rings (SSSR count). The lowest BCUT2D eigenvalue weighted by atomic mass is 9.74. The van der Waals surface area contributed by atoms with Crippen LogP contribution in [0.15, 0.2) is 30.3 Å². The molecule has 0 bridgehead atoms. The number of benzene rings is 1. The van der Waals surface area contributed by atoms with E-state index in [9.17, 15) is 9.90 Å². The molecule has 2 atom stereocenters. The molecule has 1 heterocycles. The number of methoxy groups -OCH3 is 1. The molecule has 2 aliphatic rings. The molecular formula is C23H35NO3. The average molecular weight is 374 g/mol. The molecule has 1 aliphatic heterocycles. The Balaban J connectivity index is 1.50. The Hall–Kier alpha value is -1.39. The van der Waals surface area contributed by atoms with Crippen molar-refractivity contribution in [3.05, 3.63) is 35.9 Å². The van der Waals surface area contributed by atoms with Gasteiger partial charge in [0.25, 0.3) is 0 Å². The Kier molecular flexibility index (Phi) is 6.27. The van der Waals surface area contributed by atoms with Crippen LogP contribution in [0.2, 0.25) is 0 Å². The van der Waals surface area contributed by atoms with E-state index in [1.807, 2.05) is 21.0 Å². The second kappa shape index (κ2) is 8.32. The van der Waals surface area contributed by atoms with Gasteiger partial charge in [-0.2, -0.15) is 0 Å². The highest BCUT2D eigenvalue weighted by molar-refractivity contribution is 5.73. The summed E-state index contributed by atoms with van der Waals surface area (Å²) in [4.78, 5) is 13.7. The van der Waals surface area contributed by atoms with Gasteiger partial charge in [0.15, 0.2) is 0 Å². The summed E-state index contributed by atoms with van der Waals surface area (Å²) in [5.41, 5.74) is 1.08. The third-order valence-electron chi connectivity index (χ3n) is 6.76. The van der Waals surface area contributed by atoms with Crippen molar-refractivity contribution >= 4 is 5.97 Å². The summed E-state index contributed by atoms with van der Waals surface area (Å²) in [7, 11) is 1.81. The summed E-state index contributed by atoms with van der Waals surface area (Å²) < 4.78 is 5.61. The van der Waals surface area contributed by atoms with Gasteiger partial charge in [-0.15, -0.1) is 0 Å². The first kappa shape index (κ1) is 20.3. The lowest BCUT2D eigenvalue weighted by molar-refractivity contribution is -0.148. The molecule has 4 heteroatoms. The minimum Gasteiger partial charge on any atom is -0.481 e. The van der Waals surface area contributed by atoms with Crippen LogP contribution in [0.3, 0.4) is 0 Å². The van der Waals surface area contributed by atoms with Crippen molar-refractivity contribution in [2.24, 2.45) is 16.7 Å². The molecule has 1 aliphatic carbocycles. The quantitative estimate of drug-likeness (QED) is 0.697. The van der Waals surface area contributed by atoms with Gasteiger partial charge < -0.3 is 14.7 Å². The number of carbonyl (C=O) groups is 1. The second-order valence-corrected chi connectivity index (χ2v) is 9.45. The standard InChI is InChI=1S/C23H35NO3/c1-22(2,21(25)26)16-24-13-11-23(12-14-24,17-27-3)10-9-19-15-20(19)18-7-5-4-6-8-18/h4-8,19-20H,9-17H2,1-3H3,(H,25,26)/t19-,20?/m1/s1. The summed E-state index contributed by atoms with van der Waals surface area (Å²) in [6.45, 7) is 7.06. The molecule has 1 aromatic rings. The molecule has 1 unspecified atom stereocenters. The third-order valence-corrected chi connectivity index (χ3v) is 6.76. The molecule has 0 aromatic heterocycles. The Bertz CT molecular complexity index is 620. The third kappa shape index (κ3) is 5.11. The van der Waals surface area contributed by atoms with E-state index < -0.39 is 11.4 Å². The fourth-order valence-corrected chi connectivity index (χ4v) is 4.75. The highest BCUT2D eigenvalue weighted by Crippen LogP contribution is 2.52. The number of carboxylic acid groups (broad SMARTS) is 1. The van der Waals surface area contributed by atoms with E-state index in [4.69, 9.17) is 4.74 Å². The van der Waals surface area contributed by atoms with Crippen molar-refractivity contribution in [3.63, 3.8) is 0 Å². The van der Waals surface area contributed by atoms with Crippen LogP contribution in [0.4, 0.5) is 0 Å². The molecule has 1 saturated heterocycles. The largest absolute Gasteiger partial charge is 0.481 e. The van der Waals surface area contributed by atoms with Gasteiger partial charge in [-0.3, -0.25) is 4.79 Å². The molecule has 1 aromatic carbocycles. The number of piperidine rings is 1. The molecule has 2 fully saturated rings. The van der Waals surface area contributed by atoms with Crippen LogP contribution in [-0.2, 0) is 9.53 Å². The maximum absolute atomic E-state index is 11.4. The molecule has 27 heavy (non-hydrogen) atoms. The van der Waals surface area contributed by atoms with Gasteiger partial charge in [-0.1, -0.05) is 30.3 Å². The van der Waals surface area contributed by atoms with Gasteiger partial charge in [0, 0.05) is 13.7 Å². The Morgan fingerprint density at radius 3 is 2.52 bits per heavy atom. The van der Waals surface area contributed by atoms with Crippen LogP contribution in [-0.4, -0.2) is 49.3 Å². The molecule has 0 radical (unpaired) electrons. The maximum Gasteiger partial charge on any atom is 0.310 e. The van der Waals surface area contributed by atoms with Gasteiger partial charge in [0.1, 0.15) is 0 Å². The van der Waals surface area contributed by atoms with Crippen molar-refractivity contribution in [2.75, 3.05) is 33.4 Å². The van der Waals surface area contributed by atoms with E-state index in [0.717, 1.165) is 44.4 Å². The average Bonchev–Trinajstić information content (AvgIpc) is 3.43. The number of hydrogen-bond donors (Lipinski definition) is 1. The Morgan fingerprint density at radius 2 is 1.93 bits per heavy atom. The summed E-state index contributed by atoms with van der Waals surface area (Å²) in [6, 6.07) is 10.9. The highest BCUT2D eigenvalue weighted by Gasteiger charge is 2.42. The normalized spacial score (nSPS) is 25.3. The zero-order valence-electron chi connectivity index (χ0n) is 17.1. The number of ether oxygens (including phenoxy) is 1.